The molecule has 1 heterocycles. The quantitative estimate of drug-likeness (QED) is 0.825. The van der Waals surface area contributed by atoms with Gasteiger partial charge in [0, 0.05) is 24.7 Å². The number of benzene rings is 1. The van der Waals surface area contributed by atoms with E-state index >= 15 is 0 Å². The Balaban J connectivity index is 2.06. The van der Waals surface area contributed by atoms with Crippen LogP contribution in [0.15, 0.2) is 18.2 Å². The van der Waals surface area contributed by atoms with E-state index in [2.05, 4.69) is 13.8 Å². The number of hydrogen-bond acceptors (Lipinski definition) is 2. The molecule has 1 aromatic carbocycles. The van der Waals surface area contributed by atoms with Crippen molar-refractivity contribution in [3.05, 3.63) is 29.3 Å². The van der Waals surface area contributed by atoms with Crippen LogP contribution in [0.1, 0.15) is 50.7 Å². The number of nitrogens with zero attached hydrogens (tertiary/aromatic N) is 1. The number of amides is 1. The SMILES string of the molecule is CCCC(CCC)C(=O)N1Cc2ccc(N)cc2C1. The van der Waals surface area contributed by atoms with Crippen molar-refractivity contribution < 1.29 is 4.79 Å². The molecule has 19 heavy (non-hydrogen) atoms. The number of carbonyl (C=O) groups excluding carboxylic acids is 1. The van der Waals surface area contributed by atoms with Gasteiger partial charge in [-0.15, -0.1) is 0 Å². The lowest BCUT2D eigenvalue weighted by atomic mass is 9.97. The van der Waals surface area contributed by atoms with Crippen LogP contribution >= 0.6 is 0 Å². The number of nitrogen functional groups attached to an aromatic ring is 1. The average molecular weight is 260 g/mol. The molecule has 0 atom stereocenters. The maximum absolute atomic E-state index is 12.6. The summed E-state index contributed by atoms with van der Waals surface area (Å²) in [5.41, 5.74) is 9.04. The number of nitrogens with two attached hydrogens (primary N) is 1. The second kappa shape index (κ2) is 6.09. The number of carbonyl (C=O) groups is 1. The van der Waals surface area contributed by atoms with E-state index < -0.39 is 0 Å². The van der Waals surface area contributed by atoms with E-state index in [4.69, 9.17) is 5.73 Å². The molecule has 2 rings (SSSR count). The van der Waals surface area contributed by atoms with Gasteiger partial charge in [0.05, 0.1) is 0 Å². The van der Waals surface area contributed by atoms with E-state index in [1.807, 2.05) is 23.1 Å². The standard InChI is InChI=1S/C16H24N2O/c1-3-5-12(6-4-2)16(19)18-10-13-7-8-15(17)9-14(13)11-18/h7-9,12H,3-6,10-11,17H2,1-2H3. The summed E-state index contributed by atoms with van der Waals surface area (Å²) in [6.45, 7) is 5.77. The third-order valence-electron chi connectivity index (χ3n) is 3.89. The molecule has 0 saturated heterocycles. The van der Waals surface area contributed by atoms with Crippen LogP contribution in [0.25, 0.3) is 0 Å². The number of fused-ring (bicyclic) bond motifs is 1. The minimum Gasteiger partial charge on any atom is -0.399 e. The van der Waals surface area contributed by atoms with Gasteiger partial charge in [-0.2, -0.15) is 0 Å². The van der Waals surface area contributed by atoms with Crippen molar-refractivity contribution in [1.82, 2.24) is 4.90 Å². The first-order valence-corrected chi connectivity index (χ1v) is 7.31. The molecular weight excluding hydrogens is 236 g/mol. The molecule has 104 valence electrons. The molecule has 1 aromatic rings. The van der Waals surface area contributed by atoms with Crippen molar-refractivity contribution in [2.75, 3.05) is 5.73 Å². The zero-order valence-electron chi connectivity index (χ0n) is 12.0. The van der Waals surface area contributed by atoms with Crippen LogP contribution in [0.4, 0.5) is 5.69 Å². The summed E-state index contributed by atoms with van der Waals surface area (Å²) in [5.74, 6) is 0.514. The van der Waals surface area contributed by atoms with E-state index in [1.54, 1.807) is 0 Å². The summed E-state index contributed by atoms with van der Waals surface area (Å²) in [4.78, 5) is 14.6. The van der Waals surface area contributed by atoms with Gasteiger partial charge in [0.25, 0.3) is 0 Å². The number of hydrogen-bond donors (Lipinski definition) is 1. The average Bonchev–Trinajstić information content (AvgIpc) is 2.80. The van der Waals surface area contributed by atoms with E-state index in [0.717, 1.165) is 44.5 Å². The number of rotatable bonds is 5. The van der Waals surface area contributed by atoms with E-state index in [-0.39, 0.29) is 5.92 Å². The molecule has 0 fully saturated rings. The minimum atomic E-state index is 0.196. The van der Waals surface area contributed by atoms with Gasteiger partial charge in [-0.25, -0.2) is 0 Å². The fourth-order valence-corrected chi connectivity index (χ4v) is 2.92. The lowest BCUT2D eigenvalue weighted by Gasteiger charge is -2.22. The summed E-state index contributed by atoms with van der Waals surface area (Å²) >= 11 is 0. The molecule has 0 bridgehead atoms. The normalized spacial score (nSPS) is 13.9. The Bertz CT molecular complexity index is 450. The Morgan fingerprint density at radius 1 is 1.21 bits per heavy atom. The molecule has 3 nitrogen and oxygen atoms in total. The molecule has 0 aromatic heterocycles. The van der Waals surface area contributed by atoms with Crippen molar-refractivity contribution in [2.24, 2.45) is 5.92 Å². The maximum Gasteiger partial charge on any atom is 0.226 e. The lowest BCUT2D eigenvalue weighted by molar-refractivity contribution is -0.136. The monoisotopic (exact) mass is 260 g/mol. The summed E-state index contributed by atoms with van der Waals surface area (Å²) in [7, 11) is 0. The summed E-state index contributed by atoms with van der Waals surface area (Å²) in [5, 5.41) is 0. The van der Waals surface area contributed by atoms with Crippen LogP contribution < -0.4 is 5.73 Å². The second-order valence-corrected chi connectivity index (χ2v) is 5.50. The smallest absolute Gasteiger partial charge is 0.226 e. The Labute approximate surface area is 115 Å². The number of anilines is 1. The summed E-state index contributed by atoms with van der Waals surface area (Å²) in [6.07, 6.45) is 4.15. The predicted molar refractivity (Wildman–Crippen MR) is 78.4 cm³/mol. The molecule has 0 aliphatic carbocycles. The highest BCUT2D eigenvalue weighted by molar-refractivity contribution is 5.79. The topological polar surface area (TPSA) is 46.3 Å². The Morgan fingerprint density at radius 3 is 2.47 bits per heavy atom. The first-order chi connectivity index (χ1) is 9.15. The summed E-state index contributed by atoms with van der Waals surface area (Å²) < 4.78 is 0. The highest BCUT2D eigenvalue weighted by Gasteiger charge is 2.28. The van der Waals surface area contributed by atoms with Gasteiger partial charge in [0.2, 0.25) is 5.91 Å². The van der Waals surface area contributed by atoms with Crippen LogP contribution in [-0.4, -0.2) is 10.8 Å². The molecule has 0 unspecified atom stereocenters. The molecule has 2 N–H and O–H groups in total. The molecule has 3 heteroatoms. The minimum absolute atomic E-state index is 0.196. The van der Waals surface area contributed by atoms with Gasteiger partial charge in [-0.1, -0.05) is 32.8 Å². The second-order valence-electron chi connectivity index (χ2n) is 5.50. The van der Waals surface area contributed by atoms with Crippen LogP contribution in [0, 0.1) is 5.92 Å². The van der Waals surface area contributed by atoms with Crippen molar-refractivity contribution in [1.29, 1.82) is 0 Å². The molecule has 0 spiro atoms. The van der Waals surface area contributed by atoms with Gasteiger partial charge < -0.3 is 10.6 Å². The third kappa shape index (κ3) is 3.09. The molecule has 1 aliphatic heterocycles. The van der Waals surface area contributed by atoms with Crippen LogP contribution in [-0.2, 0) is 17.9 Å². The Morgan fingerprint density at radius 2 is 1.84 bits per heavy atom. The fourth-order valence-electron chi connectivity index (χ4n) is 2.92. The first kappa shape index (κ1) is 13.9. The van der Waals surface area contributed by atoms with Gasteiger partial charge in [0.1, 0.15) is 0 Å². The molecule has 0 radical (unpaired) electrons. The summed E-state index contributed by atoms with van der Waals surface area (Å²) in [6, 6.07) is 5.96. The highest BCUT2D eigenvalue weighted by atomic mass is 16.2. The van der Waals surface area contributed by atoms with Crippen LogP contribution in [0.2, 0.25) is 0 Å². The maximum atomic E-state index is 12.6. The van der Waals surface area contributed by atoms with Crippen molar-refractivity contribution in [3.8, 4) is 0 Å². The fraction of sp³-hybridized carbons (Fsp3) is 0.562. The molecular formula is C16H24N2O. The Hall–Kier alpha value is -1.51. The Kier molecular flexibility index (Phi) is 4.46. The van der Waals surface area contributed by atoms with Crippen LogP contribution in [0.3, 0.4) is 0 Å². The van der Waals surface area contributed by atoms with Crippen molar-refractivity contribution in [3.63, 3.8) is 0 Å². The van der Waals surface area contributed by atoms with Crippen molar-refractivity contribution >= 4 is 11.6 Å². The van der Waals surface area contributed by atoms with Crippen molar-refractivity contribution in [2.45, 2.75) is 52.6 Å². The first-order valence-electron chi connectivity index (χ1n) is 7.31. The predicted octanol–water partition coefficient (Wildman–Crippen LogP) is 3.33. The van der Waals surface area contributed by atoms with Crippen LogP contribution in [0.5, 0.6) is 0 Å². The highest BCUT2D eigenvalue weighted by Crippen LogP contribution is 2.27. The van der Waals surface area contributed by atoms with E-state index in [9.17, 15) is 4.79 Å². The van der Waals surface area contributed by atoms with E-state index in [0.29, 0.717) is 5.91 Å². The van der Waals surface area contributed by atoms with Gasteiger partial charge in [-0.05, 0) is 36.1 Å². The molecule has 0 saturated carbocycles. The van der Waals surface area contributed by atoms with E-state index in [1.165, 1.54) is 11.1 Å². The van der Waals surface area contributed by atoms with Gasteiger partial charge in [0.15, 0.2) is 0 Å². The third-order valence-corrected chi connectivity index (χ3v) is 3.89. The lowest BCUT2D eigenvalue weighted by Crippen LogP contribution is -2.32. The van der Waals surface area contributed by atoms with Gasteiger partial charge in [-0.3, -0.25) is 4.79 Å². The molecule has 1 aliphatic rings. The largest absolute Gasteiger partial charge is 0.399 e. The zero-order chi connectivity index (χ0) is 13.8. The zero-order valence-corrected chi connectivity index (χ0v) is 12.0. The van der Waals surface area contributed by atoms with Gasteiger partial charge >= 0.3 is 0 Å². The molecule has 1 amide bonds.